The topological polar surface area (TPSA) is 64.4 Å². The first-order chi connectivity index (χ1) is 11.9. The van der Waals surface area contributed by atoms with Gasteiger partial charge in [0, 0.05) is 0 Å². The molecule has 10 heteroatoms. The molecule has 0 saturated carbocycles. The van der Waals surface area contributed by atoms with Gasteiger partial charge < -0.3 is 15.8 Å². The van der Waals surface area contributed by atoms with E-state index >= 15 is 0 Å². The summed E-state index contributed by atoms with van der Waals surface area (Å²) in [5, 5.41) is 2.42. The Morgan fingerprint density at radius 3 is 2.04 bits per heavy atom. The highest BCUT2D eigenvalue weighted by atomic mass is 19.4. The van der Waals surface area contributed by atoms with Crippen LogP contribution in [0, 0.1) is 5.92 Å². The molecule has 3 N–H and O–H groups in total. The van der Waals surface area contributed by atoms with E-state index in [0.29, 0.717) is 18.6 Å². The SMILES string of the molecule is CC[C@H](C)[C@H](N)C(=O)NCCOc1cc(C(F)(F)F)cc(C(F)(F)F)c1. The van der Waals surface area contributed by atoms with Gasteiger partial charge in [0.05, 0.1) is 23.7 Å². The number of amides is 1. The minimum absolute atomic E-state index is 0.0137. The van der Waals surface area contributed by atoms with Crippen LogP contribution in [0.25, 0.3) is 0 Å². The Kier molecular flexibility index (Phi) is 7.31. The van der Waals surface area contributed by atoms with E-state index in [4.69, 9.17) is 10.5 Å². The zero-order valence-corrected chi connectivity index (χ0v) is 14.2. The number of nitrogens with two attached hydrogens (primary N) is 1. The van der Waals surface area contributed by atoms with Crippen molar-refractivity contribution >= 4 is 5.91 Å². The van der Waals surface area contributed by atoms with Gasteiger partial charge in [0.25, 0.3) is 0 Å². The maximum Gasteiger partial charge on any atom is 0.416 e. The molecule has 0 radical (unpaired) electrons. The molecular weight excluding hydrogens is 366 g/mol. The Morgan fingerprint density at radius 1 is 1.12 bits per heavy atom. The molecular formula is C16H20F6N2O2. The molecule has 2 atom stereocenters. The van der Waals surface area contributed by atoms with Crippen LogP contribution < -0.4 is 15.8 Å². The molecule has 1 aromatic rings. The van der Waals surface area contributed by atoms with Crippen LogP contribution in [0.4, 0.5) is 26.3 Å². The third-order valence-corrected chi connectivity index (χ3v) is 3.79. The zero-order valence-electron chi connectivity index (χ0n) is 14.2. The maximum absolute atomic E-state index is 12.7. The van der Waals surface area contributed by atoms with Crippen molar-refractivity contribution in [3.63, 3.8) is 0 Å². The Labute approximate surface area is 146 Å². The fraction of sp³-hybridized carbons (Fsp3) is 0.562. The lowest BCUT2D eigenvalue weighted by Gasteiger charge is -2.18. The molecule has 0 heterocycles. The van der Waals surface area contributed by atoms with Gasteiger partial charge >= 0.3 is 12.4 Å². The largest absolute Gasteiger partial charge is 0.492 e. The minimum atomic E-state index is -4.95. The number of rotatable bonds is 7. The molecule has 0 aliphatic carbocycles. The molecule has 0 bridgehead atoms. The summed E-state index contributed by atoms with van der Waals surface area (Å²) in [7, 11) is 0. The molecule has 0 spiro atoms. The molecule has 0 unspecified atom stereocenters. The van der Waals surface area contributed by atoms with Crippen LogP contribution in [0.3, 0.4) is 0 Å². The Morgan fingerprint density at radius 2 is 1.62 bits per heavy atom. The first-order valence-corrected chi connectivity index (χ1v) is 7.81. The molecule has 148 valence electrons. The average molecular weight is 386 g/mol. The lowest BCUT2D eigenvalue weighted by atomic mass is 9.99. The van der Waals surface area contributed by atoms with E-state index in [1.54, 1.807) is 6.92 Å². The van der Waals surface area contributed by atoms with Crippen LogP contribution in [0.15, 0.2) is 18.2 Å². The molecule has 0 saturated heterocycles. The molecule has 1 aromatic carbocycles. The number of nitrogens with one attached hydrogen (secondary N) is 1. The Bertz CT molecular complexity index is 583. The quantitative estimate of drug-likeness (QED) is 0.556. The maximum atomic E-state index is 12.7. The van der Waals surface area contributed by atoms with Gasteiger partial charge in [0.15, 0.2) is 0 Å². The summed E-state index contributed by atoms with van der Waals surface area (Å²) in [6, 6.07) is 0.203. The summed E-state index contributed by atoms with van der Waals surface area (Å²) >= 11 is 0. The Hall–Kier alpha value is -1.97. The smallest absolute Gasteiger partial charge is 0.416 e. The van der Waals surface area contributed by atoms with Crippen LogP contribution in [0.2, 0.25) is 0 Å². The van der Waals surface area contributed by atoms with Crippen molar-refractivity contribution in [2.24, 2.45) is 11.7 Å². The van der Waals surface area contributed by atoms with Crippen LogP contribution in [-0.2, 0) is 17.1 Å². The van der Waals surface area contributed by atoms with Gasteiger partial charge in [-0.3, -0.25) is 4.79 Å². The van der Waals surface area contributed by atoms with Crippen molar-refractivity contribution in [3.8, 4) is 5.75 Å². The van der Waals surface area contributed by atoms with E-state index in [1.807, 2.05) is 6.92 Å². The second kappa shape index (κ2) is 8.61. The van der Waals surface area contributed by atoms with Crippen molar-refractivity contribution in [1.82, 2.24) is 5.32 Å². The normalized spacial score (nSPS) is 14.7. The third kappa shape index (κ3) is 6.40. The number of benzene rings is 1. The lowest BCUT2D eigenvalue weighted by molar-refractivity contribution is -0.143. The van der Waals surface area contributed by atoms with Gasteiger partial charge in [-0.15, -0.1) is 0 Å². The van der Waals surface area contributed by atoms with E-state index in [9.17, 15) is 31.1 Å². The number of hydrogen-bond donors (Lipinski definition) is 2. The molecule has 0 aliphatic rings. The summed E-state index contributed by atoms with van der Waals surface area (Å²) in [5.74, 6) is -1.13. The van der Waals surface area contributed by atoms with Crippen molar-refractivity contribution in [1.29, 1.82) is 0 Å². The molecule has 1 amide bonds. The highest BCUT2D eigenvalue weighted by Crippen LogP contribution is 2.38. The van der Waals surface area contributed by atoms with E-state index < -0.39 is 41.2 Å². The molecule has 26 heavy (non-hydrogen) atoms. The zero-order chi connectivity index (χ0) is 20.1. The monoisotopic (exact) mass is 386 g/mol. The fourth-order valence-electron chi connectivity index (χ4n) is 1.98. The molecule has 4 nitrogen and oxygen atoms in total. The summed E-state index contributed by atoms with van der Waals surface area (Å²) in [4.78, 5) is 11.7. The Balaban J connectivity index is 2.74. The second-order valence-electron chi connectivity index (χ2n) is 5.79. The van der Waals surface area contributed by atoms with Crippen molar-refractivity contribution in [3.05, 3.63) is 29.3 Å². The van der Waals surface area contributed by atoms with Crippen molar-refractivity contribution < 1.29 is 35.9 Å². The summed E-state index contributed by atoms with van der Waals surface area (Å²) in [6.45, 7) is 3.22. The average Bonchev–Trinajstić information content (AvgIpc) is 2.55. The van der Waals surface area contributed by atoms with Crippen LogP contribution in [0.5, 0.6) is 5.75 Å². The highest BCUT2D eigenvalue weighted by Gasteiger charge is 2.37. The fourth-order valence-corrected chi connectivity index (χ4v) is 1.98. The highest BCUT2D eigenvalue weighted by molar-refractivity contribution is 5.81. The lowest BCUT2D eigenvalue weighted by Crippen LogP contribution is -2.45. The first-order valence-electron chi connectivity index (χ1n) is 7.81. The van der Waals surface area contributed by atoms with E-state index in [-0.39, 0.29) is 25.1 Å². The predicted molar refractivity (Wildman–Crippen MR) is 82.4 cm³/mol. The van der Waals surface area contributed by atoms with Gasteiger partial charge in [-0.05, 0) is 24.1 Å². The van der Waals surface area contributed by atoms with Gasteiger partial charge in [-0.25, -0.2) is 0 Å². The molecule has 0 aromatic heterocycles. The number of hydrogen-bond acceptors (Lipinski definition) is 3. The standard InChI is InChI=1S/C16H20F6N2O2/c1-3-9(2)13(23)14(25)24-4-5-26-12-7-10(15(17,18)19)6-11(8-12)16(20,21)22/h6-9,13H,3-5,23H2,1-2H3,(H,24,25)/t9-,13-/m0/s1. The number of ether oxygens (including phenoxy) is 1. The van der Waals surface area contributed by atoms with Crippen molar-refractivity contribution in [2.75, 3.05) is 13.2 Å². The van der Waals surface area contributed by atoms with Gasteiger partial charge in [-0.1, -0.05) is 20.3 Å². The molecule has 1 rings (SSSR count). The summed E-state index contributed by atoms with van der Waals surface area (Å²) in [5.41, 5.74) is 2.76. The van der Waals surface area contributed by atoms with Crippen molar-refractivity contribution in [2.45, 2.75) is 38.7 Å². The van der Waals surface area contributed by atoms with Crippen LogP contribution >= 0.6 is 0 Å². The third-order valence-electron chi connectivity index (χ3n) is 3.79. The van der Waals surface area contributed by atoms with Gasteiger partial charge in [-0.2, -0.15) is 26.3 Å². The van der Waals surface area contributed by atoms with E-state index in [2.05, 4.69) is 5.32 Å². The number of alkyl halides is 6. The first kappa shape index (κ1) is 22.1. The van der Waals surface area contributed by atoms with Gasteiger partial charge in [0.2, 0.25) is 5.91 Å². The summed E-state index contributed by atoms with van der Waals surface area (Å²) < 4.78 is 81.3. The predicted octanol–water partition coefficient (Wildman–Crippen LogP) is 3.59. The van der Waals surface area contributed by atoms with Crippen LogP contribution in [-0.4, -0.2) is 25.1 Å². The summed E-state index contributed by atoms with van der Waals surface area (Å²) in [6.07, 6.45) is -9.22. The van der Waals surface area contributed by atoms with Crippen LogP contribution in [0.1, 0.15) is 31.4 Å². The number of halogens is 6. The number of carbonyl (C=O) groups excluding carboxylic acids is 1. The molecule has 0 aliphatic heterocycles. The second-order valence-corrected chi connectivity index (χ2v) is 5.79. The number of carbonyl (C=O) groups is 1. The van der Waals surface area contributed by atoms with E-state index in [0.717, 1.165) is 0 Å². The van der Waals surface area contributed by atoms with Gasteiger partial charge in [0.1, 0.15) is 12.4 Å². The molecule has 0 fully saturated rings. The van der Waals surface area contributed by atoms with E-state index in [1.165, 1.54) is 0 Å². The minimum Gasteiger partial charge on any atom is -0.492 e.